The molecule has 0 aliphatic carbocycles. The lowest BCUT2D eigenvalue weighted by Gasteiger charge is -2.13. The second kappa shape index (κ2) is 7.25. The third-order valence-corrected chi connectivity index (χ3v) is 4.65. The van der Waals surface area contributed by atoms with Crippen molar-refractivity contribution in [2.24, 2.45) is 0 Å². The summed E-state index contributed by atoms with van der Waals surface area (Å²) in [7, 11) is 0. The Labute approximate surface area is 145 Å². The van der Waals surface area contributed by atoms with Crippen LogP contribution < -0.4 is 0 Å². The molecule has 0 spiro atoms. The molecule has 0 atom stereocenters. The van der Waals surface area contributed by atoms with Crippen molar-refractivity contribution in [3.8, 4) is 0 Å². The molecule has 0 saturated carbocycles. The van der Waals surface area contributed by atoms with E-state index in [1.165, 1.54) is 0 Å². The fourth-order valence-corrected chi connectivity index (χ4v) is 3.50. The number of carbonyl (C=O) groups excluding carboxylic acids is 3. The first kappa shape index (κ1) is 18.3. The molecule has 1 aliphatic heterocycles. The zero-order chi connectivity index (χ0) is 18.0. The van der Waals surface area contributed by atoms with Crippen molar-refractivity contribution in [3.63, 3.8) is 0 Å². The van der Waals surface area contributed by atoms with Gasteiger partial charge in [-0.05, 0) is 64.1 Å². The highest BCUT2D eigenvalue weighted by Crippen LogP contribution is 2.33. The van der Waals surface area contributed by atoms with Gasteiger partial charge in [-0.3, -0.25) is 19.3 Å². The zero-order valence-corrected chi connectivity index (χ0v) is 15.4. The maximum atomic E-state index is 12.4. The van der Waals surface area contributed by atoms with E-state index in [2.05, 4.69) is 11.5 Å². The van der Waals surface area contributed by atoms with Crippen LogP contribution in [0.4, 0.5) is 4.79 Å². The van der Waals surface area contributed by atoms with Gasteiger partial charge < -0.3 is 9.30 Å². The molecule has 6 nitrogen and oxygen atoms in total. The molecule has 0 bridgehead atoms. The lowest BCUT2D eigenvalue weighted by molar-refractivity contribution is -0.149. The summed E-state index contributed by atoms with van der Waals surface area (Å²) >= 11 is 0.850. The molecule has 7 heteroatoms. The Kier molecular flexibility index (Phi) is 5.54. The summed E-state index contributed by atoms with van der Waals surface area (Å²) in [5.74, 6) is -1.04. The second-order valence-electron chi connectivity index (χ2n) is 5.88. The number of ether oxygens (including phenoxy) is 1. The minimum absolute atomic E-state index is 0.285. The quantitative estimate of drug-likeness (QED) is 0.603. The Morgan fingerprint density at radius 2 is 2.00 bits per heavy atom. The number of hydrogen-bond acceptors (Lipinski definition) is 5. The van der Waals surface area contributed by atoms with Gasteiger partial charge in [0, 0.05) is 17.9 Å². The number of esters is 1. The number of amides is 2. The fourth-order valence-electron chi connectivity index (χ4n) is 2.67. The number of aryl methyl sites for hydroxylation is 1. The number of aromatic nitrogens is 1. The highest BCUT2D eigenvalue weighted by atomic mass is 32.2. The summed E-state index contributed by atoms with van der Waals surface area (Å²) in [6.07, 6.45) is 1.43. The maximum absolute atomic E-state index is 12.4. The van der Waals surface area contributed by atoms with Crippen LogP contribution in [0.5, 0.6) is 0 Å². The molecule has 1 saturated heterocycles. The third-order valence-electron chi connectivity index (χ3n) is 3.74. The van der Waals surface area contributed by atoms with Gasteiger partial charge in [0.05, 0.1) is 11.0 Å². The third kappa shape index (κ3) is 3.72. The first-order valence-corrected chi connectivity index (χ1v) is 8.67. The summed E-state index contributed by atoms with van der Waals surface area (Å²) < 4.78 is 7.13. The van der Waals surface area contributed by atoms with E-state index in [1.54, 1.807) is 19.9 Å². The van der Waals surface area contributed by atoms with Crippen molar-refractivity contribution in [3.05, 3.63) is 27.9 Å². The van der Waals surface area contributed by atoms with Crippen LogP contribution in [0.2, 0.25) is 0 Å². The van der Waals surface area contributed by atoms with Crippen molar-refractivity contribution in [2.75, 3.05) is 6.54 Å². The van der Waals surface area contributed by atoms with Crippen LogP contribution in [-0.4, -0.2) is 39.2 Å². The van der Waals surface area contributed by atoms with Gasteiger partial charge >= 0.3 is 5.97 Å². The van der Waals surface area contributed by atoms with E-state index >= 15 is 0 Å². The van der Waals surface area contributed by atoms with Crippen molar-refractivity contribution >= 4 is 35.0 Å². The Morgan fingerprint density at radius 1 is 1.33 bits per heavy atom. The topological polar surface area (TPSA) is 68.6 Å². The van der Waals surface area contributed by atoms with Crippen LogP contribution in [0, 0.1) is 13.8 Å². The Bertz CT molecular complexity index is 718. The van der Waals surface area contributed by atoms with Crippen molar-refractivity contribution in [1.29, 1.82) is 0 Å². The molecular weight excluding hydrogens is 328 g/mol. The van der Waals surface area contributed by atoms with E-state index < -0.39 is 17.1 Å². The molecule has 130 valence electrons. The van der Waals surface area contributed by atoms with Gasteiger partial charge in [0.15, 0.2) is 0 Å². The van der Waals surface area contributed by atoms with Crippen molar-refractivity contribution < 1.29 is 19.1 Å². The lowest BCUT2D eigenvalue weighted by Crippen LogP contribution is -2.35. The smallest absolute Gasteiger partial charge is 0.326 e. The normalized spacial score (nSPS) is 16.6. The summed E-state index contributed by atoms with van der Waals surface area (Å²) in [5, 5.41) is -0.448. The molecule has 0 aromatic carbocycles. The largest absolute Gasteiger partial charge is 0.462 e. The Morgan fingerprint density at radius 3 is 2.54 bits per heavy atom. The molecular formula is C17H22N2O4S. The van der Waals surface area contributed by atoms with Gasteiger partial charge in [0.2, 0.25) is 0 Å². The maximum Gasteiger partial charge on any atom is 0.326 e. The van der Waals surface area contributed by atoms with Crippen molar-refractivity contribution in [2.45, 2.75) is 47.3 Å². The van der Waals surface area contributed by atoms with Gasteiger partial charge in [-0.2, -0.15) is 0 Å². The number of rotatable bonds is 5. The predicted octanol–water partition coefficient (Wildman–Crippen LogP) is 3.11. The number of thioether (sulfide) groups is 1. The van der Waals surface area contributed by atoms with E-state index in [-0.39, 0.29) is 12.6 Å². The molecule has 24 heavy (non-hydrogen) atoms. The summed E-state index contributed by atoms with van der Waals surface area (Å²) in [6, 6.07) is 1.99. The van der Waals surface area contributed by atoms with Crippen LogP contribution in [0.25, 0.3) is 6.08 Å². The van der Waals surface area contributed by atoms with Crippen LogP contribution >= 0.6 is 11.8 Å². The first-order valence-electron chi connectivity index (χ1n) is 7.86. The van der Waals surface area contributed by atoms with Crippen LogP contribution in [0.15, 0.2) is 11.0 Å². The van der Waals surface area contributed by atoms with Crippen molar-refractivity contribution in [1.82, 2.24) is 9.47 Å². The lowest BCUT2D eigenvalue weighted by atomic mass is 10.2. The summed E-state index contributed by atoms with van der Waals surface area (Å²) in [5.41, 5.74) is 3.05. The first-order chi connectivity index (χ1) is 11.2. The highest BCUT2D eigenvalue weighted by molar-refractivity contribution is 8.18. The molecule has 2 amide bonds. The standard InChI is InChI=1S/C17H22N2O4S/c1-6-18-11(4)7-13(12(18)5)8-14-16(21)19(17(22)24-14)9-15(20)23-10(2)3/h7-8,10H,6,9H2,1-5H3/b14-8+. The molecule has 1 aromatic rings. The average Bonchev–Trinajstić information content (AvgIpc) is 2.89. The molecule has 0 N–H and O–H groups in total. The number of imide groups is 1. The molecule has 0 radical (unpaired) electrons. The minimum atomic E-state index is -0.585. The van der Waals surface area contributed by atoms with E-state index in [1.807, 2.05) is 19.9 Å². The van der Waals surface area contributed by atoms with E-state index in [0.717, 1.165) is 40.2 Å². The highest BCUT2D eigenvalue weighted by Gasteiger charge is 2.37. The number of nitrogens with zero attached hydrogens (tertiary/aromatic N) is 2. The SMILES string of the molecule is CCn1c(C)cc(/C=C2/SC(=O)N(CC(=O)OC(C)C)C2=O)c1C. The molecule has 0 unspecified atom stereocenters. The molecule has 2 heterocycles. The van der Waals surface area contributed by atoms with E-state index in [9.17, 15) is 14.4 Å². The monoisotopic (exact) mass is 350 g/mol. The van der Waals surface area contributed by atoms with Gasteiger partial charge in [0.1, 0.15) is 6.54 Å². The minimum Gasteiger partial charge on any atom is -0.462 e. The van der Waals surface area contributed by atoms with Gasteiger partial charge in [0.25, 0.3) is 11.1 Å². The predicted molar refractivity (Wildman–Crippen MR) is 93.5 cm³/mol. The number of carbonyl (C=O) groups is 3. The average molecular weight is 350 g/mol. The molecule has 2 rings (SSSR count). The van der Waals surface area contributed by atoms with Crippen LogP contribution in [0.3, 0.4) is 0 Å². The summed E-state index contributed by atoms with van der Waals surface area (Å²) in [4.78, 5) is 37.4. The second-order valence-corrected chi connectivity index (χ2v) is 6.87. The van der Waals surface area contributed by atoms with E-state index in [0.29, 0.717) is 4.91 Å². The van der Waals surface area contributed by atoms with Gasteiger partial charge in [-0.15, -0.1) is 0 Å². The van der Waals surface area contributed by atoms with Crippen LogP contribution in [0.1, 0.15) is 37.7 Å². The fraction of sp³-hybridized carbons (Fsp3) is 0.471. The molecule has 1 aliphatic rings. The zero-order valence-electron chi connectivity index (χ0n) is 14.6. The van der Waals surface area contributed by atoms with Gasteiger partial charge in [-0.25, -0.2) is 0 Å². The molecule has 1 fully saturated rings. The Hall–Kier alpha value is -2.02. The van der Waals surface area contributed by atoms with Crippen LogP contribution in [-0.2, 0) is 20.9 Å². The van der Waals surface area contributed by atoms with Gasteiger partial charge in [-0.1, -0.05) is 0 Å². The van der Waals surface area contributed by atoms with E-state index in [4.69, 9.17) is 4.74 Å². The number of hydrogen-bond donors (Lipinski definition) is 0. The molecule has 1 aromatic heterocycles. The Balaban J connectivity index is 2.21. The summed E-state index contributed by atoms with van der Waals surface area (Å²) in [6.45, 7) is 9.96.